The van der Waals surface area contributed by atoms with Gasteiger partial charge in [-0.2, -0.15) is 9.97 Å². The highest BCUT2D eigenvalue weighted by Gasteiger charge is 2.22. The molecule has 0 bridgehead atoms. The fraction of sp³-hybridized carbons (Fsp3) is 0. The first-order valence-corrected chi connectivity index (χ1v) is 16.2. The van der Waals surface area contributed by atoms with Crippen molar-refractivity contribution >= 4 is 70.7 Å². The lowest BCUT2D eigenvalue weighted by Crippen LogP contribution is -2.06. The lowest BCUT2D eigenvalue weighted by atomic mass is 9.99. The predicted octanol–water partition coefficient (Wildman–Crippen LogP) is 10.6. The zero-order valence-electron chi connectivity index (χ0n) is 25.7. The van der Waals surface area contributed by atoms with E-state index in [0.717, 1.165) is 22.2 Å². The second kappa shape index (κ2) is 9.47. The predicted molar refractivity (Wildman–Crippen MR) is 197 cm³/mol. The zero-order valence-corrected chi connectivity index (χ0v) is 25.7. The maximum atomic E-state index is 5.12. The van der Waals surface area contributed by atoms with Crippen LogP contribution >= 0.6 is 0 Å². The molecule has 0 saturated carbocycles. The van der Waals surface area contributed by atoms with Crippen LogP contribution in [0.4, 0.5) is 0 Å². The Morgan fingerprint density at radius 1 is 0.333 bits per heavy atom. The van der Waals surface area contributed by atoms with Crippen LogP contribution in [0.3, 0.4) is 0 Å². The topological polar surface area (TPSA) is 48.0 Å². The van der Waals surface area contributed by atoms with E-state index in [4.69, 9.17) is 15.0 Å². The number of hydrogen-bond donors (Lipinski definition) is 0. The highest BCUT2D eigenvalue weighted by atomic mass is 15.2. The van der Waals surface area contributed by atoms with Crippen molar-refractivity contribution < 1.29 is 0 Å². The van der Waals surface area contributed by atoms with E-state index >= 15 is 0 Å². The average molecular weight is 612 g/mol. The van der Waals surface area contributed by atoms with E-state index in [1.165, 1.54) is 59.6 Å². The maximum Gasteiger partial charge on any atom is 0.238 e. The number of nitrogens with zero attached hydrogens (tertiary/aromatic N) is 5. The van der Waals surface area contributed by atoms with Gasteiger partial charge < -0.3 is 4.40 Å². The highest BCUT2D eigenvalue weighted by Crippen LogP contribution is 2.44. The summed E-state index contributed by atoms with van der Waals surface area (Å²) in [5.41, 5.74) is 7.79. The van der Waals surface area contributed by atoms with Crippen molar-refractivity contribution in [1.29, 1.82) is 0 Å². The third kappa shape index (κ3) is 3.37. The van der Waals surface area contributed by atoms with E-state index in [0.29, 0.717) is 17.6 Å². The molecule has 0 aliphatic heterocycles. The Balaban J connectivity index is 1.25. The molecule has 0 atom stereocenters. The van der Waals surface area contributed by atoms with E-state index in [1.807, 2.05) is 60.7 Å². The highest BCUT2D eigenvalue weighted by molar-refractivity contribution is 6.32. The Hall–Kier alpha value is -6.59. The molecular formula is C43H25N5. The molecule has 4 heterocycles. The molecule has 222 valence electrons. The summed E-state index contributed by atoms with van der Waals surface area (Å²) < 4.78 is 4.65. The van der Waals surface area contributed by atoms with Crippen molar-refractivity contribution in [2.45, 2.75) is 0 Å². The quantitative estimate of drug-likeness (QED) is 0.200. The van der Waals surface area contributed by atoms with Crippen molar-refractivity contribution in [2.75, 3.05) is 0 Å². The Kier molecular flexibility index (Phi) is 5.05. The van der Waals surface area contributed by atoms with E-state index in [9.17, 15) is 0 Å². The fourth-order valence-electron chi connectivity index (χ4n) is 7.91. The normalized spacial score (nSPS) is 12.2. The standard InChI is InChI=1S/C43H25N5/c1-3-12-26(13-4-1)41-44-42(27-14-5-2-6-15-27)46-43(45-41)48-35-21-10-8-17-32(35)38-29-22-24-36-39(30(29)23-25-37(38)48)33-19-11-18-31-28-16-7-9-20-34(28)47(36)40(31)33/h1-25H. The summed E-state index contributed by atoms with van der Waals surface area (Å²) >= 11 is 0. The fourth-order valence-corrected chi connectivity index (χ4v) is 7.91. The molecule has 0 fully saturated rings. The van der Waals surface area contributed by atoms with E-state index in [-0.39, 0.29) is 0 Å². The van der Waals surface area contributed by atoms with Gasteiger partial charge in [-0.1, -0.05) is 127 Å². The van der Waals surface area contributed by atoms with Gasteiger partial charge in [0.1, 0.15) is 0 Å². The molecule has 0 saturated heterocycles. The van der Waals surface area contributed by atoms with Gasteiger partial charge in [0.05, 0.1) is 27.6 Å². The number of fused-ring (bicyclic) bond motifs is 12. The first kappa shape index (κ1) is 25.6. The minimum atomic E-state index is 0.599. The molecule has 0 radical (unpaired) electrons. The lowest BCUT2D eigenvalue weighted by Gasteiger charge is -2.11. The summed E-state index contributed by atoms with van der Waals surface area (Å²) in [6.45, 7) is 0. The van der Waals surface area contributed by atoms with Gasteiger partial charge in [0.25, 0.3) is 0 Å². The third-order valence-electron chi connectivity index (χ3n) is 9.90. The Morgan fingerprint density at radius 2 is 0.875 bits per heavy atom. The van der Waals surface area contributed by atoms with Gasteiger partial charge >= 0.3 is 0 Å². The largest absolute Gasteiger partial charge is 0.308 e. The Morgan fingerprint density at radius 3 is 1.58 bits per heavy atom. The van der Waals surface area contributed by atoms with E-state index in [2.05, 4.69) is 100.0 Å². The molecule has 5 nitrogen and oxygen atoms in total. The minimum absolute atomic E-state index is 0.599. The number of aromatic nitrogens is 5. The Bertz CT molecular complexity index is 2990. The van der Waals surface area contributed by atoms with E-state index in [1.54, 1.807) is 0 Å². The molecule has 11 aromatic rings. The van der Waals surface area contributed by atoms with Gasteiger partial charge in [0.2, 0.25) is 5.95 Å². The van der Waals surface area contributed by atoms with Crippen molar-refractivity contribution in [1.82, 2.24) is 23.9 Å². The first-order valence-electron chi connectivity index (χ1n) is 16.2. The van der Waals surface area contributed by atoms with Crippen molar-refractivity contribution in [3.63, 3.8) is 0 Å². The van der Waals surface area contributed by atoms with Gasteiger partial charge in [-0.15, -0.1) is 0 Å². The summed E-state index contributed by atoms with van der Waals surface area (Å²) in [6.07, 6.45) is 0. The zero-order chi connectivity index (χ0) is 31.3. The summed E-state index contributed by atoms with van der Waals surface area (Å²) in [7, 11) is 0. The molecule has 4 aromatic heterocycles. The smallest absolute Gasteiger partial charge is 0.238 e. The van der Waals surface area contributed by atoms with Crippen LogP contribution in [0.1, 0.15) is 0 Å². The van der Waals surface area contributed by atoms with Gasteiger partial charge in [-0.3, -0.25) is 4.57 Å². The van der Waals surface area contributed by atoms with Crippen LogP contribution in [-0.4, -0.2) is 23.9 Å². The van der Waals surface area contributed by atoms with Crippen molar-refractivity contribution in [3.05, 3.63) is 152 Å². The van der Waals surface area contributed by atoms with Crippen LogP contribution in [0.2, 0.25) is 0 Å². The maximum absolute atomic E-state index is 5.12. The lowest BCUT2D eigenvalue weighted by molar-refractivity contribution is 0.953. The number of hydrogen-bond acceptors (Lipinski definition) is 3. The second-order valence-electron chi connectivity index (χ2n) is 12.4. The van der Waals surface area contributed by atoms with Crippen molar-refractivity contribution in [3.8, 4) is 28.7 Å². The average Bonchev–Trinajstić information content (AvgIpc) is 3.81. The monoisotopic (exact) mass is 611 g/mol. The SMILES string of the molecule is c1ccc(-c2nc(-c3ccccc3)nc(-n3c4ccccc4c4c5ccc6c(c5ccc43)c3cccc4c5ccccc5n6c43)n2)cc1. The van der Waals surface area contributed by atoms with Gasteiger partial charge in [0, 0.05) is 43.4 Å². The number of benzene rings is 7. The molecular weight excluding hydrogens is 587 g/mol. The number of rotatable bonds is 3. The molecule has 5 heteroatoms. The first-order chi connectivity index (χ1) is 23.8. The molecule has 0 amide bonds. The van der Waals surface area contributed by atoms with Gasteiger partial charge in [0.15, 0.2) is 11.6 Å². The molecule has 0 unspecified atom stereocenters. The number of para-hydroxylation sites is 3. The van der Waals surface area contributed by atoms with Crippen molar-refractivity contribution in [2.24, 2.45) is 0 Å². The summed E-state index contributed by atoms with van der Waals surface area (Å²) in [5, 5.41) is 9.98. The van der Waals surface area contributed by atoms with Crippen LogP contribution in [-0.2, 0) is 0 Å². The summed E-state index contributed by atoms with van der Waals surface area (Å²) in [4.78, 5) is 15.2. The summed E-state index contributed by atoms with van der Waals surface area (Å²) in [5.74, 6) is 1.89. The molecule has 48 heavy (non-hydrogen) atoms. The molecule has 0 aliphatic rings. The van der Waals surface area contributed by atoms with Gasteiger partial charge in [-0.05, 0) is 35.0 Å². The second-order valence-corrected chi connectivity index (χ2v) is 12.4. The molecule has 0 spiro atoms. The Labute approximate surface area is 274 Å². The third-order valence-corrected chi connectivity index (χ3v) is 9.90. The van der Waals surface area contributed by atoms with Gasteiger partial charge in [-0.25, -0.2) is 4.98 Å². The van der Waals surface area contributed by atoms with Crippen LogP contribution in [0, 0.1) is 0 Å². The molecule has 0 aliphatic carbocycles. The molecule has 11 rings (SSSR count). The minimum Gasteiger partial charge on any atom is -0.308 e. The van der Waals surface area contributed by atoms with Crippen LogP contribution < -0.4 is 0 Å². The molecule has 0 N–H and O–H groups in total. The van der Waals surface area contributed by atoms with Crippen LogP contribution in [0.25, 0.3) is 99.4 Å². The van der Waals surface area contributed by atoms with Crippen LogP contribution in [0.5, 0.6) is 0 Å². The van der Waals surface area contributed by atoms with E-state index < -0.39 is 0 Å². The summed E-state index contributed by atoms with van der Waals surface area (Å²) in [6, 6.07) is 53.5. The molecule has 7 aromatic carbocycles. The van der Waals surface area contributed by atoms with Crippen LogP contribution in [0.15, 0.2) is 152 Å².